The van der Waals surface area contributed by atoms with Gasteiger partial charge in [-0.25, -0.2) is 4.79 Å². The highest BCUT2D eigenvalue weighted by molar-refractivity contribution is 5.79. The Morgan fingerprint density at radius 3 is 2.55 bits per heavy atom. The number of allylic oxidation sites excluding steroid dienone is 2. The smallest absolute Gasteiger partial charge is 0.327 e. The lowest BCUT2D eigenvalue weighted by Crippen LogP contribution is -1.85. The molecule has 0 spiro atoms. The quantitative estimate of drug-likeness (QED) is 0.362. The summed E-state index contributed by atoms with van der Waals surface area (Å²) in [6.45, 7) is 3.59. The molecule has 1 N–H and O–H groups in total. The Hall–Kier alpha value is -1.05. The van der Waals surface area contributed by atoms with Gasteiger partial charge in [-0.05, 0) is 25.7 Å². The molecule has 2 heteroatoms. The molecule has 0 aliphatic rings. The van der Waals surface area contributed by atoms with E-state index in [0.29, 0.717) is 0 Å². The second kappa shape index (κ2) is 7.06. The molecule has 0 aromatic heterocycles. The van der Waals surface area contributed by atoms with Gasteiger partial charge >= 0.3 is 5.97 Å². The van der Waals surface area contributed by atoms with E-state index in [9.17, 15) is 4.79 Å². The van der Waals surface area contributed by atoms with Crippen LogP contribution in [0.5, 0.6) is 0 Å². The zero-order valence-corrected chi connectivity index (χ0v) is 6.62. The van der Waals surface area contributed by atoms with E-state index in [1.54, 1.807) is 6.08 Å². The molecular weight excluding hydrogens is 140 g/mol. The first-order chi connectivity index (χ1) is 5.27. The Morgan fingerprint density at radius 1 is 1.36 bits per heavy atom. The number of carbonyl (C=O) groups is 1. The number of carboxylic acids is 1. The van der Waals surface area contributed by atoms with Crippen molar-refractivity contribution in [2.75, 3.05) is 0 Å². The minimum absolute atomic E-state index is 0.847. The van der Waals surface area contributed by atoms with Gasteiger partial charge < -0.3 is 5.11 Å². The Bertz CT molecular complexity index is 148. The summed E-state index contributed by atoms with van der Waals surface area (Å²) in [7, 11) is 0. The molecule has 0 aromatic rings. The van der Waals surface area contributed by atoms with Crippen molar-refractivity contribution in [1.29, 1.82) is 0 Å². The minimum Gasteiger partial charge on any atom is -0.478 e. The van der Waals surface area contributed by atoms with Crippen LogP contribution < -0.4 is 0 Å². The van der Waals surface area contributed by atoms with Crippen LogP contribution in [0.2, 0.25) is 0 Å². The first-order valence-electron chi connectivity index (χ1n) is 3.77. The van der Waals surface area contributed by atoms with Crippen LogP contribution in [0.4, 0.5) is 0 Å². The molecule has 0 aliphatic carbocycles. The Morgan fingerprint density at radius 2 is 2.00 bits per heavy atom. The lowest BCUT2D eigenvalue weighted by Gasteiger charge is -1.90. The van der Waals surface area contributed by atoms with Gasteiger partial charge in [0.15, 0.2) is 0 Å². The third-order valence-electron chi connectivity index (χ3n) is 1.29. The fourth-order valence-corrected chi connectivity index (χ4v) is 0.735. The van der Waals surface area contributed by atoms with Gasteiger partial charge in [0.1, 0.15) is 0 Å². The van der Waals surface area contributed by atoms with Crippen LogP contribution in [-0.2, 0) is 4.79 Å². The molecule has 0 atom stereocenters. The van der Waals surface area contributed by atoms with E-state index in [1.807, 2.05) is 6.08 Å². The van der Waals surface area contributed by atoms with Crippen LogP contribution in [0.25, 0.3) is 0 Å². The van der Waals surface area contributed by atoms with Crippen molar-refractivity contribution in [3.05, 3.63) is 24.8 Å². The average molecular weight is 154 g/mol. The van der Waals surface area contributed by atoms with E-state index in [4.69, 9.17) is 5.11 Å². The van der Waals surface area contributed by atoms with Gasteiger partial charge in [-0.1, -0.05) is 12.2 Å². The second-order valence-electron chi connectivity index (χ2n) is 2.31. The van der Waals surface area contributed by atoms with E-state index in [1.165, 1.54) is 6.08 Å². The van der Waals surface area contributed by atoms with Crippen molar-refractivity contribution in [1.82, 2.24) is 0 Å². The summed E-state index contributed by atoms with van der Waals surface area (Å²) >= 11 is 0. The lowest BCUT2D eigenvalue weighted by atomic mass is 10.2. The Kier molecular flexibility index (Phi) is 6.39. The molecule has 0 radical (unpaired) electrons. The van der Waals surface area contributed by atoms with Crippen LogP contribution in [-0.4, -0.2) is 11.1 Å². The second-order valence-corrected chi connectivity index (χ2v) is 2.31. The zero-order chi connectivity index (χ0) is 8.53. The predicted molar refractivity (Wildman–Crippen MR) is 45.4 cm³/mol. The molecule has 0 fully saturated rings. The molecule has 2 nitrogen and oxygen atoms in total. The first kappa shape index (κ1) is 9.95. The van der Waals surface area contributed by atoms with Crippen molar-refractivity contribution in [2.45, 2.75) is 25.7 Å². The lowest BCUT2D eigenvalue weighted by molar-refractivity contribution is -0.131. The Balaban J connectivity index is 3.13. The van der Waals surface area contributed by atoms with E-state index < -0.39 is 5.97 Å². The predicted octanol–water partition coefficient (Wildman–Crippen LogP) is 2.37. The molecule has 11 heavy (non-hydrogen) atoms. The largest absolute Gasteiger partial charge is 0.478 e. The molecule has 0 aromatic carbocycles. The fraction of sp³-hybridized carbons (Fsp3) is 0.444. The number of unbranched alkanes of at least 4 members (excludes halogenated alkanes) is 3. The number of hydrogen-bond donors (Lipinski definition) is 1. The third-order valence-corrected chi connectivity index (χ3v) is 1.29. The van der Waals surface area contributed by atoms with Gasteiger partial charge in [-0.2, -0.15) is 0 Å². The molecule has 0 aliphatic heterocycles. The topological polar surface area (TPSA) is 37.3 Å². The molecule has 0 saturated carbocycles. The molecule has 0 heterocycles. The van der Waals surface area contributed by atoms with E-state index >= 15 is 0 Å². The summed E-state index contributed by atoms with van der Waals surface area (Å²) in [5.41, 5.74) is 0. The van der Waals surface area contributed by atoms with Crippen molar-refractivity contribution in [2.24, 2.45) is 0 Å². The summed E-state index contributed by atoms with van der Waals surface area (Å²) in [6, 6.07) is 0. The highest BCUT2D eigenvalue weighted by Crippen LogP contribution is 2.00. The zero-order valence-electron chi connectivity index (χ0n) is 6.62. The highest BCUT2D eigenvalue weighted by atomic mass is 16.4. The van der Waals surface area contributed by atoms with Crippen LogP contribution in [0.15, 0.2) is 24.8 Å². The molecule has 0 bridgehead atoms. The van der Waals surface area contributed by atoms with Gasteiger partial charge in [-0.3, -0.25) is 0 Å². The maximum absolute atomic E-state index is 9.99. The maximum Gasteiger partial charge on any atom is 0.327 e. The van der Waals surface area contributed by atoms with Crippen molar-refractivity contribution in [3.8, 4) is 0 Å². The van der Waals surface area contributed by atoms with Crippen LogP contribution >= 0.6 is 0 Å². The van der Waals surface area contributed by atoms with Crippen LogP contribution in [0, 0.1) is 0 Å². The molecule has 0 amide bonds. The normalized spacial score (nSPS) is 10.2. The van der Waals surface area contributed by atoms with Crippen LogP contribution in [0.1, 0.15) is 25.7 Å². The highest BCUT2D eigenvalue weighted by Gasteiger charge is 1.85. The van der Waals surface area contributed by atoms with Gasteiger partial charge in [-0.15, -0.1) is 6.58 Å². The fourth-order valence-electron chi connectivity index (χ4n) is 0.735. The van der Waals surface area contributed by atoms with Gasteiger partial charge in [0, 0.05) is 6.08 Å². The summed E-state index contributed by atoms with van der Waals surface area (Å²) in [4.78, 5) is 9.99. The van der Waals surface area contributed by atoms with Crippen molar-refractivity contribution < 1.29 is 9.90 Å². The van der Waals surface area contributed by atoms with E-state index in [0.717, 1.165) is 25.7 Å². The number of rotatable bonds is 6. The van der Waals surface area contributed by atoms with Crippen molar-refractivity contribution >= 4 is 5.97 Å². The number of hydrogen-bond acceptors (Lipinski definition) is 1. The van der Waals surface area contributed by atoms with Gasteiger partial charge in [0.25, 0.3) is 0 Å². The third kappa shape index (κ3) is 8.95. The summed E-state index contributed by atoms with van der Waals surface area (Å²) in [5, 5.41) is 8.21. The molecule has 0 saturated heterocycles. The monoisotopic (exact) mass is 154 g/mol. The molecule has 0 rings (SSSR count). The minimum atomic E-state index is -0.867. The standard InChI is InChI=1S/C9H14O2/c1-2-3-4-5-6-7-8-9(10)11/h2,7-8H,1,3-6H2,(H,10,11)/b8-7+. The van der Waals surface area contributed by atoms with Gasteiger partial charge in [0.05, 0.1) is 0 Å². The summed E-state index contributed by atoms with van der Waals surface area (Å²) < 4.78 is 0. The maximum atomic E-state index is 9.99. The SMILES string of the molecule is C=CCCCC/C=C/C(=O)O. The summed E-state index contributed by atoms with van der Waals surface area (Å²) in [5.74, 6) is -0.867. The first-order valence-corrected chi connectivity index (χ1v) is 3.77. The Labute approximate surface area is 67.2 Å². The average Bonchev–Trinajstić information content (AvgIpc) is 1.96. The molecular formula is C9H14O2. The van der Waals surface area contributed by atoms with Crippen molar-refractivity contribution in [3.63, 3.8) is 0 Å². The molecule has 62 valence electrons. The van der Waals surface area contributed by atoms with Gasteiger partial charge in [0.2, 0.25) is 0 Å². The molecule has 0 unspecified atom stereocenters. The van der Waals surface area contributed by atoms with E-state index in [2.05, 4.69) is 6.58 Å². The number of carboxylic acid groups (broad SMARTS) is 1. The van der Waals surface area contributed by atoms with Crippen LogP contribution in [0.3, 0.4) is 0 Å². The summed E-state index contributed by atoms with van der Waals surface area (Å²) in [6.07, 6.45) is 8.74. The van der Waals surface area contributed by atoms with E-state index in [-0.39, 0.29) is 0 Å². The number of aliphatic carboxylic acids is 1.